The quantitative estimate of drug-likeness (QED) is 0.638. The lowest BCUT2D eigenvalue weighted by Crippen LogP contribution is -2.68. The van der Waals surface area contributed by atoms with E-state index in [-0.39, 0.29) is 17.3 Å². The monoisotopic (exact) mass is 322 g/mol. The Morgan fingerprint density at radius 2 is 1.78 bits per heavy atom. The number of ketones is 1. The molecule has 0 unspecified atom stereocenters. The van der Waals surface area contributed by atoms with E-state index in [1.807, 2.05) is 0 Å². The van der Waals surface area contributed by atoms with Gasteiger partial charge in [-0.05, 0) is 56.3 Å². The van der Waals surface area contributed by atoms with Gasteiger partial charge in [-0.2, -0.15) is 0 Å². The second-order valence-electron chi connectivity index (χ2n) is 9.28. The van der Waals surface area contributed by atoms with Crippen molar-refractivity contribution in [1.82, 2.24) is 0 Å². The van der Waals surface area contributed by atoms with E-state index in [9.17, 15) is 20.1 Å². The Hall–Kier alpha value is -0.450. The van der Waals surface area contributed by atoms with Crippen LogP contribution in [0.1, 0.15) is 65.2 Å². The zero-order valence-corrected chi connectivity index (χ0v) is 14.3. The van der Waals surface area contributed by atoms with Crippen molar-refractivity contribution in [2.24, 2.45) is 28.6 Å². The van der Waals surface area contributed by atoms with Crippen LogP contribution in [0.3, 0.4) is 0 Å². The first-order valence-corrected chi connectivity index (χ1v) is 9.34. The Bertz CT molecular complexity index is 533. The van der Waals surface area contributed by atoms with Gasteiger partial charge in [0.2, 0.25) is 0 Å². The van der Waals surface area contributed by atoms with E-state index < -0.39 is 17.8 Å². The van der Waals surface area contributed by atoms with Crippen LogP contribution in [-0.2, 0) is 4.79 Å². The molecule has 4 aliphatic carbocycles. The Morgan fingerprint density at radius 3 is 2.52 bits per heavy atom. The highest BCUT2D eigenvalue weighted by Crippen LogP contribution is 2.66. The summed E-state index contributed by atoms with van der Waals surface area (Å²) in [6.07, 6.45) is 4.54. The number of hydrogen-bond donors (Lipinski definition) is 3. The van der Waals surface area contributed by atoms with E-state index in [2.05, 4.69) is 13.8 Å². The first kappa shape index (κ1) is 16.0. The van der Waals surface area contributed by atoms with Crippen molar-refractivity contribution in [3.63, 3.8) is 0 Å². The first-order valence-electron chi connectivity index (χ1n) is 9.34. The lowest BCUT2D eigenvalue weighted by atomic mass is 9.43. The molecule has 0 aliphatic heterocycles. The Kier molecular flexibility index (Phi) is 3.35. The summed E-state index contributed by atoms with van der Waals surface area (Å²) in [5.41, 5.74) is -1.73. The summed E-state index contributed by atoms with van der Waals surface area (Å²) in [5, 5.41) is 32.2. The fourth-order valence-corrected chi connectivity index (χ4v) is 7.03. The zero-order valence-electron chi connectivity index (χ0n) is 14.3. The molecule has 0 amide bonds. The first-order chi connectivity index (χ1) is 10.7. The van der Waals surface area contributed by atoms with Gasteiger partial charge < -0.3 is 15.3 Å². The fourth-order valence-electron chi connectivity index (χ4n) is 7.03. The summed E-state index contributed by atoms with van der Waals surface area (Å²) in [7, 11) is 0. The Labute approximate surface area is 138 Å². The van der Waals surface area contributed by atoms with Crippen molar-refractivity contribution in [3.8, 4) is 0 Å². The number of fused-ring (bicyclic) bond motifs is 5. The minimum atomic E-state index is -1.18. The molecule has 0 spiro atoms. The van der Waals surface area contributed by atoms with Gasteiger partial charge in [-0.15, -0.1) is 0 Å². The summed E-state index contributed by atoms with van der Waals surface area (Å²) in [6.45, 7) is 4.25. The molecule has 3 N–H and O–H groups in total. The molecule has 4 heteroatoms. The number of carbonyl (C=O) groups excluding carboxylic acids is 1. The number of aliphatic hydroxyl groups excluding tert-OH is 2. The van der Waals surface area contributed by atoms with E-state index in [0.29, 0.717) is 42.8 Å². The molecule has 23 heavy (non-hydrogen) atoms. The van der Waals surface area contributed by atoms with Gasteiger partial charge in [-0.1, -0.05) is 13.8 Å². The minimum absolute atomic E-state index is 0.207. The molecule has 4 aliphatic rings. The molecule has 4 nitrogen and oxygen atoms in total. The van der Waals surface area contributed by atoms with Gasteiger partial charge in [-0.3, -0.25) is 4.79 Å². The van der Waals surface area contributed by atoms with Crippen LogP contribution in [0.5, 0.6) is 0 Å². The number of aliphatic hydroxyl groups is 3. The van der Waals surface area contributed by atoms with Crippen molar-refractivity contribution in [3.05, 3.63) is 0 Å². The van der Waals surface area contributed by atoms with Crippen LogP contribution in [0.2, 0.25) is 0 Å². The molecule has 0 heterocycles. The Morgan fingerprint density at radius 1 is 1.04 bits per heavy atom. The highest BCUT2D eigenvalue weighted by Gasteiger charge is 2.67. The van der Waals surface area contributed by atoms with Crippen LogP contribution >= 0.6 is 0 Å². The third-order valence-electron chi connectivity index (χ3n) is 8.54. The molecule has 0 bridgehead atoms. The van der Waals surface area contributed by atoms with E-state index in [0.717, 1.165) is 25.7 Å². The van der Waals surface area contributed by atoms with Gasteiger partial charge in [-0.25, -0.2) is 0 Å². The zero-order chi connectivity index (χ0) is 16.6. The number of carbonyl (C=O) groups is 1. The molecule has 4 fully saturated rings. The summed E-state index contributed by atoms with van der Waals surface area (Å²) in [6, 6.07) is 0. The summed E-state index contributed by atoms with van der Waals surface area (Å²) >= 11 is 0. The van der Waals surface area contributed by atoms with Crippen molar-refractivity contribution >= 4 is 5.78 Å². The van der Waals surface area contributed by atoms with Crippen molar-refractivity contribution in [2.75, 3.05) is 0 Å². The van der Waals surface area contributed by atoms with Crippen molar-refractivity contribution < 1.29 is 20.1 Å². The SMILES string of the molecule is C[C@]12CC[C@H]3[C@@H](C[C@H](O)[C@@]4(O)C[C@@H](O)CC[C@]34C)[C@@H]1CCC2=O. The Balaban J connectivity index is 1.72. The predicted molar refractivity (Wildman–Crippen MR) is 85.6 cm³/mol. The maximum atomic E-state index is 12.4. The standard InChI is InChI=1S/C19H30O4/c1-17-7-6-14-12(13(17)3-4-15(17)21)9-16(22)19(23)10-11(20)5-8-18(14,19)2/h11-14,16,20,22-23H,3-10H2,1-2H3/t11-,12-,13-,14-,16-,17-,18+,19-/m0/s1. The summed E-state index contributed by atoms with van der Waals surface area (Å²) in [4.78, 5) is 12.4. The normalized spacial score (nSPS) is 59.2. The van der Waals surface area contributed by atoms with E-state index in [4.69, 9.17) is 0 Å². The molecule has 8 atom stereocenters. The third kappa shape index (κ3) is 1.86. The summed E-state index contributed by atoms with van der Waals surface area (Å²) in [5.74, 6) is 1.44. The van der Waals surface area contributed by atoms with Crippen molar-refractivity contribution in [1.29, 1.82) is 0 Å². The number of hydrogen-bond acceptors (Lipinski definition) is 4. The van der Waals surface area contributed by atoms with E-state index >= 15 is 0 Å². The lowest BCUT2D eigenvalue weighted by Gasteiger charge is -2.64. The molecule has 4 rings (SSSR count). The summed E-state index contributed by atoms with van der Waals surface area (Å²) < 4.78 is 0. The molecule has 0 aromatic heterocycles. The molecule has 0 saturated heterocycles. The minimum Gasteiger partial charge on any atom is -0.393 e. The van der Waals surface area contributed by atoms with Crippen LogP contribution in [0.15, 0.2) is 0 Å². The topological polar surface area (TPSA) is 77.8 Å². The molecule has 0 aromatic carbocycles. The predicted octanol–water partition coefficient (Wildman–Crippen LogP) is 2.04. The molecular formula is C19H30O4. The lowest BCUT2D eigenvalue weighted by molar-refractivity contribution is -0.262. The van der Waals surface area contributed by atoms with Crippen LogP contribution in [0.25, 0.3) is 0 Å². The molecule has 0 aromatic rings. The fraction of sp³-hybridized carbons (Fsp3) is 0.947. The number of rotatable bonds is 0. The van der Waals surface area contributed by atoms with Gasteiger partial charge in [0.1, 0.15) is 5.78 Å². The average molecular weight is 322 g/mol. The molecule has 0 radical (unpaired) electrons. The van der Waals surface area contributed by atoms with Crippen LogP contribution in [0.4, 0.5) is 0 Å². The van der Waals surface area contributed by atoms with Crippen LogP contribution in [-0.4, -0.2) is 38.9 Å². The van der Waals surface area contributed by atoms with Gasteiger partial charge >= 0.3 is 0 Å². The van der Waals surface area contributed by atoms with E-state index in [1.165, 1.54) is 0 Å². The van der Waals surface area contributed by atoms with Gasteiger partial charge in [0.05, 0.1) is 17.8 Å². The maximum absolute atomic E-state index is 12.4. The van der Waals surface area contributed by atoms with Crippen molar-refractivity contribution in [2.45, 2.75) is 83.0 Å². The second-order valence-corrected chi connectivity index (χ2v) is 9.28. The highest BCUT2D eigenvalue weighted by atomic mass is 16.3. The van der Waals surface area contributed by atoms with Crippen LogP contribution < -0.4 is 0 Å². The second kappa shape index (κ2) is 4.80. The highest BCUT2D eigenvalue weighted by molar-refractivity contribution is 5.87. The largest absolute Gasteiger partial charge is 0.393 e. The van der Waals surface area contributed by atoms with Gasteiger partial charge in [0, 0.05) is 23.7 Å². The van der Waals surface area contributed by atoms with Gasteiger partial charge in [0.15, 0.2) is 0 Å². The van der Waals surface area contributed by atoms with Gasteiger partial charge in [0.25, 0.3) is 0 Å². The number of Topliss-reactive ketones (excluding diaryl/α,β-unsaturated/α-hetero) is 1. The molecule has 130 valence electrons. The molecule has 4 saturated carbocycles. The molecular weight excluding hydrogens is 292 g/mol. The third-order valence-corrected chi connectivity index (χ3v) is 8.54. The van der Waals surface area contributed by atoms with Crippen LogP contribution in [0, 0.1) is 28.6 Å². The average Bonchev–Trinajstić information content (AvgIpc) is 2.79. The maximum Gasteiger partial charge on any atom is 0.139 e. The van der Waals surface area contributed by atoms with E-state index in [1.54, 1.807) is 0 Å². The smallest absolute Gasteiger partial charge is 0.139 e.